The quantitative estimate of drug-likeness (QED) is 0.721. The first-order chi connectivity index (χ1) is 12.7. The lowest BCUT2D eigenvalue weighted by Crippen LogP contribution is -2.52. The van der Waals surface area contributed by atoms with Crippen LogP contribution in [0.3, 0.4) is 0 Å². The summed E-state index contributed by atoms with van der Waals surface area (Å²) in [5.74, 6) is 0.252. The fourth-order valence-electron chi connectivity index (χ4n) is 3.87. The van der Waals surface area contributed by atoms with Crippen LogP contribution in [0, 0.1) is 0 Å². The van der Waals surface area contributed by atoms with E-state index in [1.54, 1.807) is 0 Å². The van der Waals surface area contributed by atoms with Crippen LogP contribution in [0.25, 0.3) is 11.1 Å². The van der Waals surface area contributed by atoms with Gasteiger partial charge in [0, 0.05) is 32.2 Å². The average Bonchev–Trinajstić information content (AvgIpc) is 2.71. The monoisotopic (exact) mass is 386 g/mol. The number of carbonyl (C=O) groups is 1. The Morgan fingerprint density at radius 2 is 1.41 bits per heavy atom. The zero-order chi connectivity index (χ0) is 18.4. The highest BCUT2D eigenvalue weighted by atomic mass is 35.5. The van der Waals surface area contributed by atoms with Crippen molar-refractivity contribution in [3.05, 3.63) is 60.2 Å². The summed E-state index contributed by atoms with van der Waals surface area (Å²) in [6.45, 7) is 8.24. The van der Waals surface area contributed by atoms with E-state index in [-0.39, 0.29) is 18.3 Å². The molecular formula is C23H31ClN2O. The van der Waals surface area contributed by atoms with Gasteiger partial charge in [-0.1, -0.05) is 68.4 Å². The molecule has 3 nitrogen and oxygen atoms in total. The number of hydrogen-bond acceptors (Lipinski definition) is 2. The summed E-state index contributed by atoms with van der Waals surface area (Å²) in [4.78, 5) is 17.2. The standard InChI is InChI=1S/C23H30N2O.ClH/c1-3-22(4-2)24-14-16-25(17-15-24)23(26)18-19-10-12-21(13-11-19)20-8-6-5-7-9-20;/h5-13,22H,3-4,14-18H2,1-2H3;1H. The Kier molecular flexibility index (Phi) is 8.33. The molecule has 3 rings (SSSR count). The predicted octanol–water partition coefficient (Wildman–Crippen LogP) is 4.65. The van der Waals surface area contributed by atoms with Crippen molar-refractivity contribution in [3.8, 4) is 11.1 Å². The third-order valence-electron chi connectivity index (χ3n) is 5.54. The highest BCUT2D eigenvalue weighted by molar-refractivity contribution is 5.85. The van der Waals surface area contributed by atoms with Gasteiger partial charge in [0.15, 0.2) is 0 Å². The highest BCUT2D eigenvalue weighted by Crippen LogP contribution is 2.20. The van der Waals surface area contributed by atoms with Crippen LogP contribution in [-0.2, 0) is 11.2 Å². The number of rotatable bonds is 6. The Morgan fingerprint density at radius 1 is 0.852 bits per heavy atom. The van der Waals surface area contributed by atoms with Crippen molar-refractivity contribution in [3.63, 3.8) is 0 Å². The molecule has 0 unspecified atom stereocenters. The van der Waals surface area contributed by atoms with Crippen molar-refractivity contribution >= 4 is 18.3 Å². The van der Waals surface area contributed by atoms with Crippen molar-refractivity contribution in [1.82, 2.24) is 9.80 Å². The number of carbonyl (C=O) groups excluding carboxylic acids is 1. The van der Waals surface area contributed by atoms with Gasteiger partial charge in [-0.05, 0) is 29.5 Å². The van der Waals surface area contributed by atoms with Gasteiger partial charge in [0.25, 0.3) is 0 Å². The van der Waals surface area contributed by atoms with Gasteiger partial charge in [-0.2, -0.15) is 0 Å². The van der Waals surface area contributed by atoms with Crippen LogP contribution >= 0.6 is 12.4 Å². The third-order valence-corrected chi connectivity index (χ3v) is 5.54. The highest BCUT2D eigenvalue weighted by Gasteiger charge is 2.24. The van der Waals surface area contributed by atoms with Crippen LogP contribution in [0.2, 0.25) is 0 Å². The van der Waals surface area contributed by atoms with Gasteiger partial charge in [-0.3, -0.25) is 9.69 Å². The lowest BCUT2D eigenvalue weighted by molar-refractivity contribution is -0.132. The topological polar surface area (TPSA) is 23.6 Å². The summed E-state index contributed by atoms with van der Waals surface area (Å²) in [6, 6.07) is 19.4. The minimum atomic E-state index is 0. The van der Waals surface area contributed by atoms with Crippen LogP contribution < -0.4 is 0 Å². The molecule has 0 spiro atoms. The molecule has 1 heterocycles. The number of halogens is 1. The SMILES string of the molecule is CCC(CC)N1CCN(C(=O)Cc2ccc(-c3ccccc3)cc2)CC1.Cl. The lowest BCUT2D eigenvalue weighted by Gasteiger charge is -2.39. The normalized spacial score (nSPS) is 14.9. The van der Waals surface area contributed by atoms with Crippen molar-refractivity contribution in [2.24, 2.45) is 0 Å². The van der Waals surface area contributed by atoms with E-state index < -0.39 is 0 Å². The molecule has 0 bridgehead atoms. The maximum atomic E-state index is 12.6. The van der Waals surface area contributed by atoms with Crippen LogP contribution in [0.1, 0.15) is 32.3 Å². The van der Waals surface area contributed by atoms with Gasteiger partial charge in [0.2, 0.25) is 5.91 Å². The molecule has 1 amide bonds. The van der Waals surface area contributed by atoms with Gasteiger partial charge in [0.1, 0.15) is 0 Å². The predicted molar refractivity (Wildman–Crippen MR) is 115 cm³/mol. The molecule has 27 heavy (non-hydrogen) atoms. The molecule has 2 aromatic rings. The van der Waals surface area contributed by atoms with Crippen LogP contribution in [0.5, 0.6) is 0 Å². The maximum absolute atomic E-state index is 12.6. The Labute approximate surface area is 169 Å². The molecule has 146 valence electrons. The Morgan fingerprint density at radius 3 is 1.96 bits per heavy atom. The number of amides is 1. The van der Waals surface area contributed by atoms with Crippen molar-refractivity contribution in [2.75, 3.05) is 26.2 Å². The Bertz CT molecular complexity index is 690. The molecule has 0 radical (unpaired) electrons. The second-order valence-corrected chi connectivity index (χ2v) is 7.13. The molecule has 4 heteroatoms. The lowest BCUT2D eigenvalue weighted by atomic mass is 10.0. The van der Waals surface area contributed by atoms with Crippen LogP contribution in [0.15, 0.2) is 54.6 Å². The van der Waals surface area contributed by atoms with E-state index in [0.717, 1.165) is 31.7 Å². The summed E-state index contributed by atoms with van der Waals surface area (Å²) in [7, 11) is 0. The van der Waals surface area contributed by atoms with E-state index in [1.807, 2.05) is 23.1 Å². The van der Waals surface area contributed by atoms with Gasteiger partial charge >= 0.3 is 0 Å². The minimum absolute atomic E-state index is 0. The van der Waals surface area contributed by atoms with Gasteiger partial charge < -0.3 is 4.90 Å². The van der Waals surface area contributed by atoms with Gasteiger partial charge in [0.05, 0.1) is 6.42 Å². The number of piperazine rings is 1. The van der Waals surface area contributed by atoms with Crippen molar-refractivity contribution in [1.29, 1.82) is 0 Å². The average molecular weight is 387 g/mol. The summed E-state index contributed by atoms with van der Waals surface area (Å²) in [6.07, 6.45) is 2.89. The van der Waals surface area contributed by atoms with E-state index in [9.17, 15) is 4.79 Å². The van der Waals surface area contributed by atoms with Crippen LogP contribution in [-0.4, -0.2) is 47.9 Å². The molecule has 1 fully saturated rings. The summed E-state index contributed by atoms with van der Waals surface area (Å²) in [5, 5.41) is 0. The molecule has 0 aliphatic carbocycles. The van der Waals surface area contributed by atoms with E-state index in [4.69, 9.17) is 0 Å². The third kappa shape index (κ3) is 5.57. The number of benzene rings is 2. The van der Waals surface area contributed by atoms with Crippen molar-refractivity contribution < 1.29 is 4.79 Å². The first-order valence-electron chi connectivity index (χ1n) is 9.87. The molecule has 0 aromatic heterocycles. The fraction of sp³-hybridized carbons (Fsp3) is 0.435. The van der Waals surface area contributed by atoms with Gasteiger partial charge in [-0.15, -0.1) is 12.4 Å². The van der Waals surface area contributed by atoms with Crippen molar-refractivity contribution in [2.45, 2.75) is 39.2 Å². The zero-order valence-electron chi connectivity index (χ0n) is 16.4. The largest absolute Gasteiger partial charge is 0.340 e. The van der Waals surface area contributed by atoms with E-state index in [1.165, 1.54) is 24.0 Å². The van der Waals surface area contributed by atoms with E-state index in [0.29, 0.717) is 12.5 Å². The molecule has 1 aliphatic heterocycles. The molecule has 0 atom stereocenters. The van der Waals surface area contributed by atoms with E-state index >= 15 is 0 Å². The summed E-state index contributed by atoms with van der Waals surface area (Å²) >= 11 is 0. The second-order valence-electron chi connectivity index (χ2n) is 7.13. The van der Waals surface area contributed by atoms with E-state index in [2.05, 4.69) is 55.1 Å². The summed E-state index contributed by atoms with van der Waals surface area (Å²) in [5.41, 5.74) is 3.50. The number of nitrogens with zero attached hydrogens (tertiary/aromatic N) is 2. The fourth-order valence-corrected chi connectivity index (χ4v) is 3.87. The molecule has 1 saturated heterocycles. The molecule has 1 aliphatic rings. The maximum Gasteiger partial charge on any atom is 0.227 e. The second kappa shape index (κ2) is 10.5. The first-order valence-corrected chi connectivity index (χ1v) is 9.87. The zero-order valence-corrected chi connectivity index (χ0v) is 17.3. The Hall–Kier alpha value is -1.84. The Balaban J connectivity index is 0.00000261. The molecular weight excluding hydrogens is 356 g/mol. The molecule has 0 N–H and O–H groups in total. The van der Waals surface area contributed by atoms with Crippen LogP contribution in [0.4, 0.5) is 0 Å². The first kappa shape index (κ1) is 21.5. The van der Waals surface area contributed by atoms with Gasteiger partial charge in [-0.25, -0.2) is 0 Å². The summed E-state index contributed by atoms with van der Waals surface area (Å²) < 4.78 is 0. The number of hydrogen-bond donors (Lipinski definition) is 0. The minimum Gasteiger partial charge on any atom is -0.340 e. The molecule has 0 saturated carbocycles. The molecule has 2 aromatic carbocycles. The smallest absolute Gasteiger partial charge is 0.227 e.